The van der Waals surface area contributed by atoms with Crippen LogP contribution in [0.5, 0.6) is 5.75 Å². The van der Waals surface area contributed by atoms with Gasteiger partial charge in [0, 0.05) is 0 Å². The summed E-state index contributed by atoms with van der Waals surface area (Å²) in [5, 5.41) is 17.6. The lowest BCUT2D eigenvalue weighted by Crippen LogP contribution is -2.21. The van der Waals surface area contributed by atoms with Gasteiger partial charge in [-0.25, -0.2) is 0 Å². The van der Waals surface area contributed by atoms with Gasteiger partial charge in [-0.15, -0.1) is 0 Å². The molecule has 1 atom stereocenters. The van der Waals surface area contributed by atoms with E-state index in [-0.39, 0.29) is 17.9 Å². The van der Waals surface area contributed by atoms with Crippen LogP contribution in [0.4, 0.5) is 13.2 Å². The maximum atomic E-state index is 12.4. The van der Waals surface area contributed by atoms with Crippen LogP contribution >= 0.6 is 0 Å². The summed E-state index contributed by atoms with van der Waals surface area (Å²) in [4.78, 5) is 0. The van der Waals surface area contributed by atoms with Gasteiger partial charge in [-0.3, -0.25) is 0 Å². The van der Waals surface area contributed by atoms with Crippen molar-refractivity contribution in [3.8, 4) is 5.75 Å². The molecule has 0 heterocycles. The van der Waals surface area contributed by atoms with Gasteiger partial charge in [0.05, 0.1) is 12.2 Å². The van der Waals surface area contributed by atoms with Crippen molar-refractivity contribution >= 4 is 0 Å². The van der Waals surface area contributed by atoms with Gasteiger partial charge in [-0.05, 0) is 30.7 Å². The van der Waals surface area contributed by atoms with Gasteiger partial charge >= 0.3 is 6.18 Å². The maximum Gasteiger partial charge on any atom is 0.416 e. The Balaban J connectivity index is 0.00000154. The molecule has 110 valence electrons. The highest BCUT2D eigenvalue weighted by molar-refractivity contribution is 5.36. The lowest BCUT2D eigenvalue weighted by molar-refractivity contribution is -0.138. The van der Waals surface area contributed by atoms with Crippen LogP contribution < -0.4 is 4.74 Å². The van der Waals surface area contributed by atoms with Crippen molar-refractivity contribution in [2.75, 3.05) is 13.2 Å². The van der Waals surface area contributed by atoms with Gasteiger partial charge in [-0.2, -0.15) is 13.2 Å². The Morgan fingerprint density at radius 3 is 2.26 bits per heavy atom. The topological polar surface area (TPSA) is 49.7 Å². The molecule has 0 fully saturated rings. The predicted octanol–water partition coefficient (Wildman–Crippen LogP) is 2.77. The van der Waals surface area contributed by atoms with E-state index in [1.807, 2.05) is 13.8 Å². The van der Waals surface area contributed by atoms with Crippen LogP contribution in [0.15, 0.2) is 18.2 Å². The van der Waals surface area contributed by atoms with Crippen LogP contribution in [0.1, 0.15) is 25.0 Å². The third-order valence-corrected chi connectivity index (χ3v) is 2.16. The van der Waals surface area contributed by atoms with Gasteiger partial charge in [-0.1, -0.05) is 13.8 Å². The van der Waals surface area contributed by atoms with Crippen molar-refractivity contribution in [1.29, 1.82) is 0 Å². The van der Waals surface area contributed by atoms with Crippen LogP contribution in [-0.4, -0.2) is 29.5 Å². The summed E-state index contributed by atoms with van der Waals surface area (Å²) in [5.74, 6) is 0.225. The molecule has 1 aromatic carbocycles. The summed E-state index contributed by atoms with van der Waals surface area (Å²) in [7, 11) is 0. The number of aliphatic hydroxyl groups excluding tert-OH is 2. The Labute approximate surface area is 110 Å². The van der Waals surface area contributed by atoms with E-state index in [0.717, 1.165) is 6.07 Å². The summed E-state index contributed by atoms with van der Waals surface area (Å²) < 4.78 is 42.3. The van der Waals surface area contributed by atoms with E-state index in [0.29, 0.717) is 0 Å². The zero-order chi connectivity index (χ0) is 15.1. The van der Waals surface area contributed by atoms with Crippen molar-refractivity contribution in [1.82, 2.24) is 0 Å². The molecule has 0 bridgehead atoms. The monoisotopic (exact) mass is 280 g/mol. The van der Waals surface area contributed by atoms with Gasteiger partial charge in [0.2, 0.25) is 0 Å². The zero-order valence-electron chi connectivity index (χ0n) is 11.2. The summed E-state index contributed by atoms with van der Waals surface area (Å²) >= 11 is 0. The second-order valence-corrected chi connectivity index (χ2v) is 3.62. The maximum absolute atomic E-state index is 12.4. The minimum Gasteiger partial charge on any atom is -0.491 e. The minimum atomic E-state index is -4.38. The largest absolute Gasteiger partial charge is 0.491 e. The van der Waals surface area contributed by atoms with Gasteiger partial charge in [0.1, 0.15) is 18.5 Å². The lowest BCUT2D eigenvalue weighted by Gasteiger charge is -2.13. The minimum absolute atomic E-state index is 0.0495. The van der Waals surface area contributed by atoms with E-state index in [2.05, 4.69) is 0 Å². The van der Waals surface area contributed by atoms with Crippen molar-refractivity contribution in [2.45, 2.75) is 33.1 Å². The molecule has 1 rings (SSSR count). The average Bonchev–Trinajstić information content (AvgIpc) is 2.36. The second kappa shape index (κ2) is 8.01. The molecule has 0 aliphatic carbocycles. The summed E-state index contributed by atoms with van der Waals surface area (Å²) in [6, 6.07) is 3.35. The molecule has 3 nitrogen and oxygen atoms in total. The standard InChI is InChI=1S/C11H13F3O3.C2H6/c1-7-4-9(17-6-8(16)5-15)2-3-10(7)11(12,13)14;1-2/h2-4,8,15-16H,5-6H2,1H3;1-2H3. The van der Waals surface area contributed by atoms with Crippen molar-refractivity contribution in [2.24, 2.45) is 0 Å². The summed E-state index contributed by atoms with van der Waals surface area (Å²) in [5.41, 5.74) is -0.666. The Morgan fingerprint density at radius 1 is 1.26 bits per heavy atom. The zero-order valence-corrected chi connectivity index (χ0v) is 11.2. The summed E-state index contributed by atoms with van der Waals surface area (Å²) in [6.07, 6.45) is -5.43. The third kappa shape index (κ3) is 5.94. The number of rotatable bonds is 4. The highest BCUT2D eigenvalue weighted by Gasteiger charge is 2.32. The van der Waals surface area contributed by atoms with E-state index < -0.39 is 24.5 Å². The van der Waals surface area contributed by atoms with Crippen molar-refractivity contribution in [3.63, 3.8) is 0 Å². The van der Waals surface area contributed by atoms with Gasteiger partial charge < -0.3 is 14.9 Å². The highest BCUT2D eigenvalue weighted by Crippen LogP contribution is 2.33. The molecule has 0 spiro atoms. The Kier molecular flexibility index (Phi) is 7.48. The van der Waals surface area contributed by atoms with E-state index in [9.17, 15) is 13.2 Å². The molecule has 0 aromatic heterocycles. The van der Waals surface area contributed by atoms with Crippen molar-refractivity contribution < 1.29 is 28.1 Å². The number of alkyl halides is 3. The number of aryl methyl sites for hydroxylation is 1. The first kappa shape index (κ1) is 17.7. The Morgan fingerprint density at radius 2 is 1.84 bits per heavy atom. The molecule has 1 unspecified atom stereocenters. The smallest absolute Gasteiger partial charge is 0.416 e. The molecule has 0 saturated heterocycles. The number of aliphatic hydroxyl groups is 2. The summed E-state index contributed by atoms with van der Waals surface area (Å²) in [6.45, 7) is 4.71. The predicted molar refractivity (Wildman–Crippen MR) is 66.1 cm³/mol. The molecule has 0 radical (unpaired) electrons. The molecule has 0 aliphatic rings. The highest BCUT2D eigenvalue weighted by atomic mass is 19.4. The molecule has 0 amide bonds. The number of hydrogen-bond donors (Lipinski definition) is 2. The molecule has 0 saturated carbocycles. The first-order chi connectivity index (χ1) is 8.84. The molecule has 2 N–H and O–H groups in total. The van der Waals surface area contributed by atoms with Crippen molar-refractivity contribution in [3.05, 3.63) is 29.3 Å². The molecule has 0 aliphatic heterocycles. The number of hydrogen-bond acceptors (Lipinski definition) is 3. The van der Waals surface area contributed by atoms with E-state index in [1.54, 1.807) is 0 Å². The number of benzene rings is 1. The molecule has 1 aromatic rings. The Bertz CT molecular complexity index is 378. The number of ether oxygens (including phenoxy) is 1. The molecular formula is C13H19F3O3. The fraction of sp³-hybridized carbons (Fsp3) is 0.538. The second-order valence-electron chi connectivity index (χ2n) is 3.62. The van der Waals surface area contributed by atoms with Gasteiger partial charge in [0.15, 0.2) is 0 Å². The average molecular weight is 280 g/mol. The quantitative estimate of drug-likeness (QED) is 0.891. The van der Waals surface area contributed by atoms with Gasteiger partial charge in [0.25, 0.3) is 0 Å². The first-order valence-corrected chi connectivity index (χ1v) is 5.94. The van der Waals surface area contributed by atoms with Crippen LogP contribution in [-0.2, 0) is 6.18 Å². The van der Waals surface area contributed by atoms with Crippen LogP contribution in [0.3, 0.4) is 0 Å². The van der Waals surface area contributed by atoms with E-state index in [1.165, 1.54) is 19.1 Å². The molecular weight excluding hydrogens is 261 g/mol. The van der Waals surface area contributed by atoms with Crippen LogP contribution in [0.25, 0.3) is 0 Å². The normalized spacial score (nSPS) is 12.4. The number of halogens is 3. The van der Waals surface area contributed by atoms with E-state index in [4.69, 9.17) is 14.9 Å². The Hall–Kier alpha value is -1.27. The molecule has 6 heteroatoms. The fourth-order valence-corrected chi connectivity index (χ4v) is 1.29. The fourth-order valence-electron chi connectivity index (χ4n) is 1.29. The third-order valence-electron chi connectivity index (χ3n) is 2.16. The van der Waals surface area contributed by atoms with Crippen LogP contribution in [0.2, 0.25) is 0 Å². The lowest BCUT2D eigenvalue weighted by atomic mass is 10.1. The molecule has 19 heavy (non-hydrogen) atoms. The first-order valence-electron chi connectivity index (χ1n) is 5.94. The SMILES string of the molecule is CC.Cc1cc(OCC(O)CO)ccc1C(F)(F)F. The van der Waals surface area contributed by atoms with Crippen LogP contribution in [0, 0.1) is 6.92 Å². The van der Waals surface area contributed by atoms with E-state index >= 15 is 0 Å².